The van der Waals surface area contributed by atoms with Crippen LogP contribution in [0, 0.1) is 0 Å². The second-order valence-corrected chi connectivity index (χ2v) is 3.16. The van der Waals surface area contributed by atoms with Crippen LogP contribution in [0.3, 0.4) is 0 Å². The summed E-state index contributed by atoms with van der Waals surface area (Å²) in [7, 11) is 4.22. The number of carboxylic acids is 1. The average Bonchev–Trinajstić information content (AvgIpc) is 1.85. The molecule has 0 saturated heterocycles. The van der Waals surface area contributed by atoms with Crippen LogP contribution in [0.1, 0.15) is 25.7 Å². The van der Waals surface area contributed by atoms with E-state index in [0.29, 0.717) is 6.42 Å². The van der Waals surface area contributed by atoms with Gasteiger partial charge in [0.05, 0.1) is 20.6 Å². The number of aliphatic carboxylic acids is 1. The zero-order valence-electron chi connectivity index (χ0n) is 7.39. The van der Waals surface area contributed by atoms with E-state index in [4.69, 9.17) is 5.11 Å². The Bertz CT molecular complexity index is 113. The highest BCUT2D eigenvalue weighted by atomic mass is 16.4. The van der Waals surface area contributed by atoms with Crippen molar-refractivity contribution < 1.29 is 14.8 Å². The maximum Gasteiger partial charge on any atom is 0.303 e. The van der Waals surface area contributed by atoms with Gasteiger partial charge in [0, 0.05) is 6.42 Å². The number of unbranched alkanes of at least 4 members (excludes halogenated alkanes) is 2. The molecule has 0 aromatic rings. The Labute approximate surface area is 68.0 Å². The van der Waals surface area contributed by atoms with E-state index < -0.39 is 5.97 Å². The topological polar surface area (TPSA) is 41.7 Å². The molecule has 3 nitrogen and oxygen atoms in total. The van der Waals surface area contributed by atoms with Crippen molar-refractivity contribution in [3.8, 4) is 0 Å². The van der Waals surface area contributed by atoms with Gasteiger partial charge in [0.15, 0.2) is 0 Å². The molecule has 0 aliphatic heterocycles. The van der Waals surface area contributed by atoms with E-state index >= 15 is 0 Å². The minimum atomic E-state index is -0.679. The molecule has 0 fully saturated rings. The lowest BCUT2D eigenvalue weighted by Gasteiger charge is -2.05. The zero-order chi connectivity index (χ0) is 8.69. The summed E-state index contributed by atoms with van der Waals surface area (Å²) < 4.78 is 0. The van der Waals surface area contributed by atoms with Gasteiger partial charge in [0.2, 0.25) is 0 Å². The normalized spacial score (nSPS) is 10.5. The summed E-state index contributed by atoms with van der Waals surface area (Å²) in [5.41, 5.74) is 0. The van der Waals surface area contributed by atoms with Gasteiger partial charge in [-0.3, -0.25) is 4.79 Å². The van der Waals surface area contributed by atoms with Gasteiger partial charge >= 0.3 is 5.97 Å². The molecule has 0 amide bonds. The lowest BCUT2D eigenvalue weighted by molar-refractivity contribution is -0.858. The lowest BCUT2D eigenvalue weighted by atomic mass is 10.2. The fourth-order valence-corrected chi connectivity index (χ4v) is 0.932. The zero-order valence-corrected chi connectivity index (χ0v) is 7.39. The highest BCUT2D eigenvalue weighted by Gasteiger charge is 1.97. The molecular weight excluding hydrogens is 142 g/mol. The summed E-state index contributed by atoms with van der Waals surface area (Å²) in [6, 6.07) is 0. The number of rotatable bonds is 6. The molecule has 0 aromatic heterocycles. The van der Waals surface area contributed by atoms with E-state index in [1.54, 1.807) is 0 Å². The third-order valence-corrected chi connectivity index (χ3v) is 1.57. The minimum Gasteiger partial charge on any atom is -0.481 e. The predicted octanol–water partition coefficient (Wildman–Crippen LogP) is -0.224. The van der Waals surface area contributed by atoms with Crippen molar-refractivity contribution in [1.82, 2.24) is 0 Å². The number of nitrogens with one attached hydrogen (secondary N) is 1. The van der Waals surface area contributed by atoms with Gasteiger partial charge in [-0.15, -0.1) is 0 Å². The molecule has 0 aliphatic carbocycles. The Morgan fingerprint density at radius 2 is 1.91 bits per heavy atom. The summed E-state index contributed by atoms with van der Waals surface area (Å²) in [5, 5.41) is 8.32. The van der Waals surface area contributed by atoms with Gasteiger partial charge in [0.1, 0.15) is 0 Å². The SMILES string of the molecule is C[NH+](C)CCCCCC(=O)O. The molecule has 66 valence electrons. The van der Waals surface area contributed by atoms with Crippen molar-refractivity contribution in [3.63, 3.8) is 0 Å². The van der Waals surface area contributed by atoms with Gasteiger partial charge in [-0.2, -0.15) is 0 Å². The molecule has 0 unspecified atom stereocenters. The van der Waals surface area contributed by atoms with Crippen molar-refractivity contribution in [2.24, 2.45) is 0 Å². The number of carbonyl (C=O) groups is 1. The number of hydrogen-bond donors (Lipinski definition) is 2. The highest BCUT2D eigenvalue weighted by Crippen LogP contribution is 1.97. The number of carboxylic acid groups (broad SMARTS) is 1. The van der Waals surface area contributed by atoms with Crippen molar-refractivity contribution in [2.45, 2.75) is 25.7 Å². The second kappa shape index (κ2) is 6.16. The molecule has 0 bridgehead atoms. The summed E-state index contributed by atoms with van der Waals surface area (Å²) in [5.74, 6) is -0.679. The Kier molecular flexibility index (Phi) is 5.84. The van der Waals surface area contributed by atoms with Gasteiger partial charge in [-0.05, 0) is 19.3 Å². The Balaban J connectivity index is 2.97. The molecule has 0 aromatic carbocycles. The summed E-state index contributed by atoms with van der Waals surface area (Å²) in [6.45, 7) is 1.14. The van der Waals surface area contributed by atoms with E-state index in [0.717, 1.165) is 25.8 Å². The molecule has 11 heavy (non-hydrogen) atoms. The molecule has 0 aliphatic rings. The maximum absolute atomic E-state index is 10.1. The summed E-state index contributed by atoms with van der Waals surface area (Å²) in [4.78, 5) is 11.5. The fraction of sp³-hybridized carbons (Fsp3) is 0.875. The number of hydrogen-bond acceptors (Lipinski definition) is 1. The molecule has 2 N–H and O–H groups in total. The van der Waals surface area contributed by atoms with E-state index in [2.05, 4.69) is 14.1 Å². The first-order valence-electron chi connectivity index (χ1n) is 4.13. The van der Waals surface area contributed by atoms with Gasteiger partial charge in [-0.1, -0.05) is 0 Å². The van der Waals surface area contributed by atoms with Crippen LogP contribution in [0.15, 0.2) is 0 Å². The third-order valence-electron chi connectivity index (χ3n) is 1.57. The van der Waals surface area contributed by atoms with E-state index in [9.17, 15) is 4.79 Å². The first-order valence-corrected chi connectivity index (χ1v) is 4.13. The van der Waals surface area contributed by atoms with Crippen LogP contribution in [-0.4, -0.2) is 31.7 Å². The van der Waals surface area contributed by atoms with Crippen LogP contribution in [0.25, 0.3) is 0 Å². The molecular formula is C8H18NO2+. The van der Waals surface area contributed by atoms with Crippen molar-refractivity contribution in [3.05, 3.63) is 0 Å². The monoisotopic (exact) mass is 160 g/mol. The van der Waals surface area contributed by atoms with Crippen molar-refractivity contribution >= 4 is 5.97 Å². The Morgan fingerprint density at radius 3 is 2.36 bits per heavy atom. The molecule has 0 heterocycles. The van der Waals surface area contributed by atoms with Crippen LogP contribution >= 0.6 is 0 Å². The lowest BCUT2D eigenvalue weighted by Crippen LogP contribution is -3.05. The van der Waals surface area contributed by atoms with Gasteiger partial charge in [0.25, 0.3) is 0 Å². The molecule has 0 spiro atoms. The van der Waals surface area contributed by atoms with Gasteiger partial charge in [-0.25, -0.2) is 0 Å². The van der Waals surface area contributed by atoms with Crippen molar-refractivity contribution in [2.75, 3.05) is 20.6 Å². The van der Waals surface area contributed by atoms with Crippen LogP contribution < -0.4 is 4.90 Å². The third kappa shape index (κ3) is 9.43. The first-order chi connectivity index (χ1) is 5.13. The fourth-order valence-electron chi connectivity index (χ4n) is 0.932. The Morgan fingerprint density at radius 1 is 1.27 bits per heavy atom. The minimum absolute atomic E-state index is 0.322. The van der Waals surface area contributed by atoms with E-state index in [-0.39, 0.29) is 0 Å². The first kappa shape index (κ1) is 10.4. The van der Waals surface area contributed by atoms with Crippen LogP contribution in [0.5, 0.6) is 0 Å². The van der Waals surface area contributed by atoms with E-state index in [1.807, 2.05) is 0 Å². The second-order valence-electron chi connectivity index (χ2n) is 3.16. The summed E-state index contributed by atoms with van der Waals surface area (Å²) in [6.07, 6.45) is 3.32. The molecule has 0 rings (SSSR count). The van der Waals surface area contributed by atoms with Crippen LogP contribution in [0.2, 0.25) is 0 Å². The maximum atomic E-state index is 10.1. The van der Waals surface area contributed by atoms with Crippen LogP contribution in [-0.2, 0) is 4.79 Å². The molecule has 0 atom stereocenters. The van der Waals surface area contributed by atoms with Crippen molar-refractivity contribution in [1.29, 1.82) is 0 Å². The standard InChI is InChI=1S/C8H17NO2/c1-9(2)7-5-3-4-6-8(10)11/h3-7H2,1-2H3,(H,10,11)/p+1. The van der Waals surface area contributed by atoms with Gasteiger partial charge < -0.3 is 10.0 Å². The smallest absolute Gasteiger partial charge is 0.303 e. The number of quaternary nitrogens is 1. The average molecular weight is 160 g/mol. The molecule has 0 radical (unpaired) electrons. The van der Waals surface area contributed by atoms with E-state index in [1.165, 1.54) is 4.90 Å². The Hall–Kier alpha value is -0.570. The predicted molar refractivity (Wildman–Crippen MR) is 43.8 cm³/mol. The highest BCUT2D eigenvalue weighted by molar-refractivity contribution is 5.66. The largest absolute Gasteiger partial charge is 0.481 e. The van der Waals surface area contributed by atoms with Crippen LogP contribution in [0.4, 0.5) is 0 Å². The molecule has 0 saturated carbocycles. The molecule has 3 heteroatoms. The quantitative estimate of drug-likeness (QED) is 0.527. The summed E-state index contributed by atoms with van der Waals surface area (Å²) >= 11 is 0.